The van der Waals surface area contributed by atoms with Gasteiger partial charge in [0.25, 0.3) is 0 Å². The van der Waals surface area contributed by atoms with E-state index in [1.54, 1.807) is 31.4 Å². The molecule has 0 saturated carbocycles. The topological polar surface area (TPSA) is 117 Å². The SMILES string of the molecule is CCCNC(=O)[C@H]1[C@H]2C(=O)N([C@@H](CC)CO)C(C(=O)Nc3ccc(OC)cc3)C23CC[C@]1(C)O3. The van der Waals surface area contributed by atoms with Gasteiger partial charge in [0.1, 0.15) is 17.4 Å². The molecule has 1 spiro atoms. The third kappa shape index (κ3) is 3.65. The number of hydrogen-bond donors (Lipinski definition) is 3. The predicted octanol–water partition coefficient (Wildman–Crippen LogP) is 1.70. The van der Waals surface area contributed by atoms with E-state index in [-0.39, 0.29) is 24.3 Å². The zero-order chi connectivity index (χ0) is 24.7. The summed E-state index contributed by atoms with van der Waals surface area (Å²) in [7, 11) is 1.57. The maximum absolute atomic E-state index is 13.9. The van der Waals surface area contributed by atoms with Crippen molar-refractivity contribution in [3.05, 3.63) is 24.3 Å². The van der Waals surface area contributed by atoms with Crippen LogP contribution < -0.4 is 15.4 Å². The molecule has 0 radical (unpaired) electrons. The number of carbonyl (C=O) groups is 3. The van der Waals surface area contributed by atoms with Crippen LogP contribution in [0, 0.1) is 11.8 Å². The third-order valence-electron chi connectivity index (χ3n) is 7.73. The minimum absolute atomic E-state index is 0.211. The fraction of sp³-hybridized carbons (Fsp3) is 0.640. The summed E-state index contributed by atoms with van der Waals surface area (Å²) in [4.78, 5) is 42.3. The minimum Gasteiger partial charge on any atom is -0.497 e. The second-order valence-electron chi connectivity index (χ2n) is 9.73. The van der Waals surface area contributed by atoms with E-state index in [1.165, 1.54) is 4.90 Å². The number of benzene rings is 1. The van der Waals surface area contributed by atoms with Crippen molar-refractivity contribution < 1.29 is 29.0 Å². The molecule has 9 nitrogen and oxygen atoms in total. The van der Waals surface area contributed by atoms with Crippen LogP contribution in [0.3, 0.4) is 0 Å². The summed E-state index contributed by atoms with van der Waals surface area (Å²) < 4.78 is 11.7. The van der Waals surface area contributed by atoms with E-state index in [9.17, 15) is 19.5 Å². The summed E-state index contributed by atoms with van der Waals surface area (Å²) >= 11 is 0. The highest BCUT2D eigenvalue weighted by molar-refractivity contribution is 6.03. The number of ether oxygens (including phenoxy) is 2. The van der Waals surface area contributed by atoms with Crippen LogP contribution in [0.5, 0.6) is 5.75 Å². The summed E-state index contributed by atoms with van der Waals surface area (Å²) in [6.07, 6.45) is 2.33. The molecule has 34 heavy (non-hydrogen) atoms. The molecule has 4 rings (SSSR count). The van der Waals surface area contributed by atoms with Crippen LogP contribution in [0.25, 0.3) is 0 Å². The fourth-order valence-corrected chi connectivity index (χ4v) is 6.11. The number of hydrogen-bond acceptors (Lipinski definition) is 6. The molecule has 2 unspecified atom stereocenters. The predicted molar refractivity (Wildman–Crippen MR) is 125 cm³/mol. The Balaban J connectivity index is 1.72. The number of carbonyl (C=O) groups excluding carboxylic acids is 3. The monoisotopic (exact) mass is 473 g/mol. The van der Waals surface area contributed by atoms with Crippen LogP contribution in [-0.2, 0) is 19.1 Å². The first-order valence-electron chi connectivity index (χ1n) is 12.1. The van der Waals surface area contributed by atoms with Gasteiger partial charge in [-0.1, -0.05) is 13.8 Å². The Hall–Kier alpha value is -2.65. The second-order valence-corrected chi connectivity index (χ2v) is 9.73. The lowest BCUT2D eigenvalue weighted by atomic mass is 9.66. The average molecular weight is 474 g/mol. The molecular weight excluding hydrogens is 438 g/mol. The van der Waals surface area contributed by atoms with Gasteiger partial charge in [-0.25, -0.2) is 0 Å². The smallest absolute Gasteiger partial charge is 0.250 e. The molecule has 3 saturated heterocycles. The maximum Gasteiger partial charge on any atom is 0.250 e. The highest BCUT2D eigenvalue weighted by Gasteiger charge is 2.78. The van der Waals surface area contributed by atoms with E-state index < -0.39 is 35.1 Å². The van der Waals surface area contributed by atoms with Gasteiger partial charge >= 0.3 is 0 Å². The van der Waals surface area contributed by atoms with Gasteiger partial charge in [0.15, 0.2) is 0 Å². The van der Waals surface area contributed by atoms with Crippen LogP contribution in [0.2, 0.25) is 0 Å². The summed E-state index contributed by atoms with van der Waals surface area (Å²) in [6.45, 7) is 5.94. The molecule has 3 N–H and O–H groups in total. The number of likely N-dealkylation sites (tertiary alicyclic amines) is 1. The van der Waals surface area contributed by atoms with Gasteiger partial charge in [0, 0.05) is 12.2 Å². The van der Waals surface area contributed by atoms with Gasteiger partial charge in [0.2, 0.25) is 17.7 Å². The Morgan fingerprint density at radius 1 is 1.24 bits per heavy atom. The van der Waals surface area contributed by atoms with Gasteiger partial charge in [0.05, 0.1) is 37.2 Å². The molecule has 2 bridgehead atoms. The molecule has 186 valence electrons. The van der Waals surface area contributed by atoms with Crippen molar-refractivity contribution in [1.29, 1.82) is 0 Å². The number of amides is 3. The van der Waals surface area contributed by atoms with Crippen molar-refractivity contribution in [2.45, 2.75) is 69.7 Å². The molecular formula is C25H35N3O6. The van der Waals surface area contributed by atoms with Crippen molar-refractivity contribution in [2.24, 2.45) is 11.8 Å². The maximum atomic E-state index is 13.9. The van der Waals surface area contributed by atoms with E-state index in [1.807, 2.05) is 20.8 Å². The number of methoxy groups -OCH3 is 1. The van der Waals surface area contributed by atoms with Crippen molar-refractivity contribution >= 4 is 23.4 Å². The number of aliphatic hydroxyl groups excluding tert-OH is 1. The molecule has 0 aromatic heterocycles. The van der Waals surface area contributed by atoms with Crippen molar-refractivity contribution in [1.82, 2.24) is 10.2 Å². The Bertz CT molecular complexity index is 948. The Labute approximate surface area is 200 Å². The second kappa shape index (κ2) is 9.19. The molecule has 3 aliphatic rings. The first-order valence-corrected chi connectivity index (χ1v) is 12.1. The molecule has 3 amide bonds. The standard InChI is InChI=1S/C25H35N3O6/c1-5-13-26-21(30)18-19-23(32)28(16(6-2)14-29)20(25(19)12-11-24(18,3)34-25)22(31)27-15-7-9-17(33-4)10-8-15/h7-10,16,18-20,29H,5-6,11-14H2,1-4H3,(H,26,30)(H,27,31)/t16-,18+,19-,20?,24-,25?/m0/s1. The lowest BCUT2D eigenvalue weighted by molar-refractivity contribution is -0.148. The van der Waals surface area contributed by atoms with E-state index in [0.717, 1.165) is 6.42 Å². The van der Waals surface area contributed by atoms with Gasteiger partial charge in [-0.3, -0.25) is 14.4 Å². The normalized spacial score (nSPS) is 32.4. The first-order chi connectivity index (χ1) is 16.3. The van der Waals surface area contributed by atoms with Gasteiger partial charge < -0.3 is 30.1 Å². The number of rotatable bonds is 9. The molecule has 0 aliphatic carbocycles. The number of anilines is 1. The first kappa shape index (κ1) is 24.5. The zero-order valence-electron chi connectivity index (χ0n) is 20.3. The zero-order valence-corrected chi connectivity index (χ0v) is 20.3. The Kier molecular flexibility index (Phi) is 6.61. The summed E-state index contributed by atoms with van der Waals surface area (Å²) in [5, 5.41) is 15.9. The molecule has 9 heteroatoms. The highest BCUT2D eigenvalue weighted by Crippen LogP contribution is 2.63. The van der Waals surface area contributed by atoms with Crippen molar-refractivity contribution in [3.8, 4) is 5.75 Å². The Morgan fingerprint density at radius 3 is 2.53 bits per heavy atom. The van der Waals surface area contributed by atoms with Crippen molar-refractivity contribution in [3.63, 3.8) is 0 Å². The minimum atomic E-state index is -1.11. The van der Waals surface area contributed by atoms with Crippen LogP contribution in [0.1, 0.15) is 46.5 Å². The highest BCUT2D eigenvalue weighted by atomic mass is 16.5. The number of nitrogens with zero attached hydrogens (tertiary/aromatic N) is 1. The van der Waals surface area contributed by atoms with E-state index in [0.29, 0.717) is 37.2 Å². The van der Waals surface area contributed by atoms with Crippen LogP contribution in [-0.4, -0.2) is 71.3 Å². The summed E-state index contributed by atoms with van der Waals surface area (Å²) in [5.74, 6) is -1.68. The average Bonchev–Trinajstić information content (AvgIpc) is 3.40. The van der Waals surface area contributed by atoms with Crippen LogP contribution >= 0.6 is 0 Å². The lowest BCUT2D eigenvalue weighted by Gasteiger charge is -2.36. The largest absolute Gasteiger partial charge is 0.497 e. The van der Waals surface area contributed by atoms with E-state index in [2.05, 4.69) is 10.6 Å². The van der Waals surface area contributed by atoms with Crippen molar-refractivity contribution in [2.75, 3.05) is 25.6 Å². The number of nitrogens with one attached hydrogen (secondary N) is 2. The Morgan fingerprint density at radius 2 is 1.94 bits per heavy atom. The quantitative estimate of drug-likeness (QED) is 0.503. The molecule has 1 aromatic carbocycles. The van der Waals surface area contributed by atoms with E-state index in [4.69, 9.17) is 9.47 Å². The molecule has 1 aromatic rings. The van der Waals surface area contributed by atoms with E-state index >= 15 is 0 Å². The van der Waals surface area contributed by atoms with Gasteiger partial charge in [-0.15, -0.1) is 0 Å². The van der Waals surface area contributed by atoms with Crippen LogP contribution in [0.4, 0.5) is 5.69 Å². The number of aliphatic hydroxyl groups is 1. The summed E-state index contributed by atoms with van der Waals surface area (Å²) in [6, 6.07) is 5.44. The molecule has 3 fully saturated rings. The fourth-order valence-electron chi connectivity index (χ4n) is 6.11. The third-order valence-corrected chi connectivity index (χ3v) is 7.73. The summed E-state index contributed by atoms with van der Waals surface area (Å²) in [5.41, 5.74) is -1.37. The van der Waals surface area contributed by atoms with Gasteiger partial charge in [-0.2, -0.15) is 0 Å². The molecule has 6 atom stereocenters. The van der Waals surface area contributed by atoms with Crippen LogP contribution in [0.15, 0.2) is 24.3 Å². The lowest BCUT2D eigenvalue weighted by Crippen LogP contribution is -2.56. The number of fused-ring (bicyclic) bond motifs is 1. The molecule has 3 aliphatic heterocycles. The van der Waals surface area contributed by atoms with Gasteiger partial charge in [-0.05, 0) is 56.9 Å². The molecule has 3 heterocycles.